The van der Waals surface area contributed by atoms with Crippen LogP contribution in [0, 0.1) is 13.8 Å². The van der Waals surface area contributed by atoms with Crippen LogP contribution in [0.4, 0.5) is 11.5 Å². The smallest absolute Gasteiger partial charge is 0.297 e. The van der Waals surface area contributed by atoms with E-state index in [2.05, 4.69) is 15.3 Å². The Labute approximate surface area is 310 Å². The van der Waals surface area contributed by atoms with Gasteiger partial charge in [0.05, 0.1) is 23.0 Å². The summed E-state index contributed by atoms with van der Waals surface area (Å²) in [4.78, 5) is 22.1. The first-order chi connectivity index (χ1) is 25.4. The molecule has 0 unspecified atom stereocenters. The number of benzene rings is 4. The van der Waals surface area contributed by atoms with Gasteiger partial charge in [-0.15, -0.1) is 0 Å². The molecule has 0 aliphatic heterocycles. The minimum atomic E-state index is -4.01. The highest BCUT2D eigenvalue weighted by molar-refractivity contribution is 7.87. The second kappa shape index (κ2) is 17.8. The molecule has 4 aromatic carbocycles. The highest BCUT2D eigenvalue weighted by Gasteiger charge is 2.19. The average molecular weight is 753 g/mol. The fourth-order valence-corrected chi connectivity index (χ4v) is 7.10. The molecule has 11 nitrogen and oxygen atoms in total. The molecule has 1 amide bonds. The molecular weight excluding hydrogens is 713 g/mol. The van der Waals surface area contributed by atoms with Crippen LogP contribution in [0.25, 0.3) is 21.9 Å². The monoisotopic (exact) mass is 752 g/mol. The summed E-state index contributed by atoms with van der Waals surface area (Å²) in [6.45, 7) is 4.99. The van der Waals surface area contributed by atoms with Gasteiger partial charge in [0.25, 0.3) is 20.2 Å². The lowest BCUT2D eigenvalue weighted by Crippen LogP contribution is -2.32. The third kappa shape index (κ3) is 10.8. The number of aromatic nitrogens is 2. The molecule has 53 heavy (non-hydrogen) atoms. The van der Waals surface area contributed by atoms with Crippen molar-refractivity contribution in [2.45, 2.75) is 30.6 Å². The molecule has 0 saturated carbocycles. The molecule has 6 aromatic rings. The van der Waals surface area contributed by atoms with Crippen LogP contribution in [0.5, 0.6) is 0 Å². The Morgan fingerprint density at radius 1 is 0.679 bits per heavy atom. The van der Waals surface area contributed by atoms with Crippen molar-refractivity contribution in [3.05, 3.63) is 145 Å². The van der Waals surface area contributed by atoms with E-state index in [0.717, 1.165) is 33.0 Å². The first-order valence-corrected chi connectivity index (χ1v) is 19.5. The molecule has 0 saturated heterocycles. The second-order valence-corrected chi connectivity index (χ2v) is 15.2. The van der Waals surface area contributed by atoms with Gasteiger partial charge < -0.3 is 10.2 Å². The highest BCUT2D eigenvalue weighted by Crippen LogP contribution is 2.35. The molecule has 0 bridgehead atoms. The van der Waals surface area contributed by atoms with Crippen LogP contribution < -0.4 is 10.2 Å². The third-order valence-corrected chi connectivity index (χ3v) is 10.7. The molecule has 1 N–H and O–H groups in total. The van der Waals surface area contributed by atoms with Crippen molar-refractivity contribution in [1.29, 1.82) is 0 Å². The Kier molecular flexibility index (Phi) is 13.0. The quantitative estimate of drug-likeness (QED) is 0.121. The number of carbonyl (C=O) groups is 1. The number of anilines is 2. The molecule has 0 aliphatic carbocycles. The number of nitrogens with zero attached hydrogens (tertiary/aromatic N) is 3. The largest absolute Gasteiger partial charge is 0.367 e. The predicted molar refractivity (Wildman–Crippen MR) is 207 cm³/mol. The van der Waals surface area contributed by atoms with Crippen molar-refractivity contribution >= 4 is 48.4 Å². The molecule has 0 radical (unpaired) electrons. The van der Waals surface area contributed by atoms with E-state index in [-0.39, 0.29) is 42.0 Å². The molecule has 13 heteroatoms. The number of amides is 1. The summed E-state index contributed by atoms with van der Waals surface area (Å²) in [5.41, 5.74) is 4.05. The van der Waals surface area contributed by atoms with E-state index < -0.39 is 20.2 Å². The van der Waals surface area contributed by atoms with Gasteiger partial charge in [0.1, 0.15) is 5.82 Å². The van der Waals surface area contributed by atoms with Crippen molar-refractivity contribution in [1.82, 2.24) is 9.97 Å². The van der Waals surface area contributed by atoms with Crippen molar-refractivity contribution < 1.29 is 30.0 Å². The van der Waals surface area contributed by atoms with Gasteiger partial charge in [-0.25, -0.2) is 4.98 Å². The first-order valence-electron chi connectivity index (χ1n) is 16.7. The van der Waals surface area contributed by atoms with Gasteiger partial charge >= 0.3 is 0 Å². The third-order valence-electron chi connectivity index (χ3n) is 8.00. The van der Waals surface area contributed by atoms with Gasteiger partial charge in [-0.3, -0.25) is 18.1 Å². The minimum Gasteiger partial charge on any atom is -0.367 e. The number of aryl methyl sites for hydroxylation is 2. The van der Waals surface area contributed by atoms with E-state index in [0.29, 0.717) is 11.5 Å². The molecule has 6 rings (SSSR count). The summed E-state index contributed by atoms with van der Waals surface area (Å²) in [7, 11) is -8.02. The van der Waals surface area contributed by atoms with E-state index in [1.807, 2.05) is 80.6 Å². The Morgan fingerprint density at radius 3 is 1.68 bits per heavy atom. The van der Waals surface area contributed by atoms with Crippen molar-refractivity contribution in [2.24, 2.45) is 0 Å². The maximum absolute atomic E-state index is 12.8. The summed E-state index contributed by atoms with van der Waals surface area (Å²) >= 11 is 0. The highest BCUT2D eigenvalue weighted by atomic mass is 32.2. The molecule has 0 fully saturated rings. The Hall–Kier alpha value is -5.47. The number of hydrogen-bond donors (Lipinski definition) is 1. The van der Waals surface area contributed by atoms with Crippen molar-refractivity contribution in [2.75, 3.05) is 36.5 Å². The molecule has 0 spiro atoms. The summed E-state index contributed by atoms with van der Waals surface area (Å²) < 4.78 is 62.0. The van der Waals surface area contributed by atoms with Crippen LogP contribution in [0.3, 0.4) is 0 Å². The SMILES string of the molecule is CC(=O)Nc1ncc2ccccc2c1-c1ccc(N(CCOS(=O)(=O)c2ccc(C)cc2)CCOS(=O)(=O)c2ccc(C)cc2)cc1.c1ccncc1. The summed E-state index contributed by atoms with van der Waals surface area (Å²) in [5.74, 6) is 0.170. The van der Waals surface area contributed by atoms with E-state index in [4.69, 9.17) is 8.37 Å². The number of nitrogens with one attached hydrogen (secondary N) is 1. The summed E-state index contributed by atoms with van der Waals surface area (Å²) in [5, 5.41) is 4.62. The topological polar surface area (TPSA) is 145 Å². The van der Waals surface area contributed by atoms with Gasteiger partial charge in [0.2, 0.25) is 5.91 Å². The van der Waals surface area contributed by atoms with Crippen LogP contribution in [0.2, 0.25) is 0 Å². The molecule has 2 aromatic heterocycles. The molecular formula is C40H40N4O7S2. The lowest BCUT2D eigenvalue weighted by Gasteiger charge is -2.25. The number of carbonyl (C=O) groups excluding carboxylic acids is 1. The molecule has 2 heterocycles. The molecule has 0 atom stereocenters. The second-order valence-electron chi connectivity index (χ2n) is 12.0. The van der Waals surface area contributed by atoms with E-state index in [1.54, 1.807) is 47.8 Å². The predicted octanol–water partition coefficient (Wildman–Crippen LogP) is 7.18. The Morgan fingerprint density at radius 2 is 1.21 bits per heavy atom. The van der Waals surface area contributed by atoms with Crippen LogP contribution in [0.15, 0.2) is 144 Å². The summed E-state index contributed by atoms with van der Waals surface area (Å²) in [6, 6.07) is 33.6. The number of rotatable bonds is 13. The first kappa shape index (κ1) is 38.8. The molecule has 0 aliphatic rings. The Balaban J connectivity index is 0.000000820. The fraction of sp³-hybridized carbons (Fsp3) is 0.175. The van der Waals surface area contributed by atoms with Crippen molar-refractivity contribution in [3.8, 4) is 11.1 Å². The number of hydrogen-bond acceptors (Lipinski definition) is 10. The maximum Gasteiger partial charge on any atom is 0.297 e. The van der Waals surface area contributed by atoms with E-state index in [9.17, 15) is 21.6 Å². The number of fused-ring (bicyclic) bond motifs is 1. The zero-order chi connectivity index (χ0) is 37.8. The average Bonchev–Trinajstić information content (AvgIpc) is 3.15. The van der Waals surface area contributed by atoms with Gasteiger partial charge in [-0.1, -0.05) is 77.9 Å². The fourth-order valence-electron chi connectivity index (χ4n) is 5.30. The van der Waals surface area contributed by atoms with Crippen molar-refractivity contribution in [3.63, 3.8) is 0 Å². The zero-order valence-electron chi connectivity index (χ0n) is 29.5. The van der Waals surface area contributed by atoms with Crippen LogP contribution >= 0.6 is 0 Å². The molecule has 274 valence electrons. The standard InChI is InChI=1S/C35H35N3O7S2.C5H5N/c1-25-8-16-31(17-9-25)46(40,41)44-22-20-38(21-23-45-47(42,43)32-18-10-26(2)11-19-32)30-14-12-28(13-15-30)34-33-7-5-4-6-29(33)24-36-35(34)37-27(3)39;1-2-4-6-5-3-1/h4-19,24H,20-23H2,1-3H3,(H,36,37,39);1-5H. The van der Waals surface area contributed by atoms with Crippen LogP contribution in [-0.4, -0.2) is 59.0 Å². The van der Waals surface area contributed by atoms with Gasteiger partial charge in [0, 0.05) is 55.2 Å². The van der Waals surface area contributed by atoms with Gasteiger partial charge in [0.15, 0.2) is 0 Å². The van der Waals surface area contributed by atoms with Crippen LogP contribution in [0.1, 0.15) is 18.1 Å². The summed E-state index contributed by atoms with van der Waals surface area (Å²) in [6.07, 6.45) is 5.20. The van der Waals surface area contributed by atoms with E-state index >= 15 is 0 Å². The van der Waals surface area contributed by atoms with E-state index in [1.165, 1.54) is 31.2 Å². The van der Waals surface area contributed by atoms with Gasteiger partial charge in [-0.2, -0.15) is 16.8 Å². The Bertz CT molecular complexity index is 2230. The van der Waals surface area contributed by atoms with Gasteiger partial charge in [-0.05, 0) is 73.3 Å². The van der Waals surface area contributed by atoms with Crippen LogP contribution in [-0.2, 0) is 33.4 Å². The minimum absolute atomic E-state index is 0.0465. The number of pyridine rings is 2. The normalized spacial score (nSPS) is 11.4. The lowest BCUT2D eigenvalue weighted by molar-refractivity contribution is -0.114. The lowest BCUT2D eigenvalue weighted by atomic mass is 9.99. The zero-order valence-corrected chi connectivity index (χ0v) is 31.2. The maximum atomic E-state index is 12.8.